The highest BCUT2D eigenvalue weighted by atomic mass is 35.5. The maximum Gasteiger partial charge on any atom is 0.366 e. The van der Waals surface area contributed by atoms with E-state index in [0.29, 0.717) is 11.3 Å². The molecule has 1 amide bonds. The van der Waals surface area contributed by atoms with Crippen molar-refractivity contribution >= 4 is 23.2 Å². The van der Waals surface area contributed by atoms with Gasteiger partial charge in [0.05, 0.1) is 5.02 Å². The zero-order valence-electron chi connectivity index (χ0n) is 12.5. The average molecular weight is 347 g/mol. The van der Waals surface area contributed by atoms with E-state index < -0.39 is 17.3 Å². The second-order valence-corrected chi connectivity index (χ2v) is 5.46. The van der Waals surface area contributed by atoms with Crippen LogP contribution in [0.5, 0.6) is 0 Å². The lowest BCUT2D eigenvalue weighted by atomic mass is 10.1. The standard InChI is InChI=1S/C17H12ClFN2O3/c1-21-15(14(17(23)24-21)10-5-3-2-4-6-10)16(22)20-11-7-8-13(19)12(18)9-11/h2-9H,1H3,(H,20,22). The van der Waals surface area contributed by atoms with Crippen LogP contribution in [0.2, 0.25) is 5.02 Å². The molecule has 24 heavy (non-hydrogen) atoms. The van der Waals surface area contributed by atoms with Crippen molar-refractivity contribution in [3.63, 3.8) is 0 Å². The van der Waals surface area contributed by atoms with E-state index in [9.17, 15) is 14.0 Å². The zero-order valence-corrected chi connectivity index (χ0v) is 13.3. The Labute approximate surface area is 141 Å². The number of hydrogen-bond acceptors (Lipinski definition) is 3. The fourth-order valence-corrected chi connectivity index (χ4v) is 2.53. The molecule has 1 N–H and O–H groups in total. The second-order valence-electron chi connectivity index (χ2n) is 5.05. The molecule has 0 saturated heterocycles. The second kappa shape index (κ2) is 6.33. The normalized spacial score (nSPS) is 10.6. The van der Waals surface area contributed by atoms with Crippen molar-refractivity contribution in [2.45, 2.75) is 0 Å². The van der Waals surface area contributed by atoms with Crippen LogP contribution in [0.15, 0.2) is 57.8 Å². The predicted octanol–water partition coefficient (Wildman–Crippen LogP) is 3.69. The third-order valence-electron chi connectivity index (χ3n) is 3.43. The van der Waals surface area contributed by atoms with Gasteiger partial charge in [-0.15, -0.1) is 0 Å². The maximum atomic E-state index is 13.2. The summed E-state index contributed by atoms with van der Waals surface area (Å²) in [6, 6.07) is 12.5. The molecular formula is C17H12ClFN2O3. The summed E-state index contributed by atoms with van der Waals surface area (Å²) in [5, 5.41) is 2.47. The molecule has 5 nitrogen and oxygen atoms in total. The molecule has 0 aliphatic carbocycles. The van der Waals surface area contributed by atoms with Gasteiger partial charge in [0, 0.05) is 12.7 Å². The number of anilines is 1. The molecule has 122 valence electrons. The molecule has 0 fully saturated rings. The first-order valence-electron chi connectivity index (χ1n) is 6.99. The average Bonchev–Trinajstić information content (AvgIpc) is 2.86. The first kappa shape index (κ1) is 16.0. The predicted molar refractivity (Wildman–Crippen MR) is 88.7 cm³/mol. The summed E-state index contributed by atoms with van der Waals surface area (Å²) >= 11 is 5.71. The number of aromatic nitrogens is 1. The molecule has 0 radical (unpaired) electrons. The minimum Gasteiger partial charge on any atom is -0.335 e. The Kier molecular flexibility index (Phi) is 4.22. The van der Waals surface area contributed by atoms with Crippen LogP contribution in [-0.4, -0.2) is 10.6 Å². The quantitative estimate of drug-likeness (QED) is 0.786. The highest BCUT2D eigenvalue weighted by Gasteiger charge is 2.23. The number of nitrogens with zero attached hydrogens (tertiary/aromatic N) is 1. The van der Waals surface area contributed by atoms with E-state index in [1.165, 1.54) is 19.2 Å². The highest BCUT2D eigenvalue weighted by molar-refractivity contribution is 6.31. The van der Waals surface area contributed by atoms with Crippen molar-refractivity contribution in [3.05, 3.63) is 75.5 Å². The van der Waals surface area contributed by atoms with Crippen LogP contribution >= 0.6 is 11.6 Å². The van der Waals surface area contributed by atoms with E-state index in [-0.39, 0.29) is 16.3 Å². The van der Waals surface area contributed by atoms with Crippen LogP contribution in [0.4, 0.5) is 10.1 Å². The van der Waals surface area contributed by atoms with E-state index in [0.717, 1.165) is 10.8 Å². The third-order valence-corrected chi connectivity index (χ3v) is 3.72. The molecule has 3 aromatic rings. The van der Waals surface area contributed by atoms with Gasteiger partial charge in [-0.3, -0.25) is 4.79 Å². The number of amides is 1. The Morgan fingerprint density at radius 3 is 2.58 bits per heavy atom. The van der Waals surface area contributed by atoms with Gasteiger partial charge in [0.15, 0.2) is 5.69 Å². The molecule has 0 aliphatic heterocycles. The number of hydrogen-bond donors (Lipinski definition) is 1. The molecule has 0 aliphatic rings. The number of benzene rings is 2. The smallest absolute Gasteiger partial charge is 0.335 e. The Hall–Kier alpha value is -2.86. The van der Waals surface area contributed by atoms with Crippen LogP contribution in [-0.2, 0) is 7.05 Å². The number of rotatable bonds is 3. The van der Waals surface area contributed by atoms with Gasteiger partial charge in [0.2, 0.25) is 0 Å². The topological polar surface area (TPSA) is 64.2 Å². The SMILES string of the molecule is Cn1oc(=O)c(-c2ccccc2)c1C(=O)Nc1ccc(F)c(Cl)c1. The van der Waals surface area contributed by atoms with Gasteiger partial charge in [-0.1, -0.05) is 41.9 Å². The fraction of sp³-hybridized carbons (Fsp3) is 0.0588. The molecule has 2 aromatic carbocycles. The van der Waals surface area contributed by atoms with E-state index in [2.05, 4.69) is 5.32 Å². The van der Waals surface area contributed by atoms with Crippen molar-refractivity contribution < 1.29 is 13.7 Å². The summed E-state index contributed by atoms with van der Waals surface area (Å²) in [7, 11) is 1.46. The fourth-order valence-electron chi connectivity index (χ4n) is 2.35. The van der Waals surface area contributed by atoms with Crippen LogP contribution < -0.4 is 10.9 Å². The maximum absolute atomic E-state index is 13.2. The molecule has 0 atom stereocenters. The number of nitrogens with one attached hydrogen (secondary N) is 1. The summed E-state index contributed by atoms with van der Waals surface area (Å²) in [6.07, 6.45) is 0. The molecule has 3 rings (SSSR count). The largest absolute Gasteiger partial charge is 0.366 e. The van der Waals surface area contributed by atoms with Gasteiger partial charge in [0.25, 0.3) is 5.91 Å². The van der Waals surface area contributed by atoms with Crippen molar-refractivity contribution in [1.29, 1.82) is 0 Å². The van der Waals surface area contributed by atoms with Crippen LogP contribution in [0.3, 0.4) is 0 Å². The minimum atomic E-state index is -0.619. The van der Waals surface area contributed by atoms with Gasteiger partial charge in [-0.25, -0.2) is 13.9 Å². The van der Waals surface area contributed by atoms with Crippen molar-refractivity contribution in [1.82, 2.24) is 4.74 Å². The van der Waals surface area contributed by atoms with Crippen molar-refractivity contribution in [2.75, 3.05) is 5.32 Å². The lowest BCUT2D eigenvalue weighted by Crippen LogP contribution is -2.17. The molecule has 0 bridgehead atoms. The lowest BCUT2D eigenvalue weighted by Gasteiger charge is -2.07. The zero-order chi connectivity index (χ0) is 17.3. The summed E-state index contributed by atoms with van der Waals surface area (Å²) < 4.78 is 19.3. The Balaban J connectivity index is 2.01. The molecule has 0 unspecified atom stereocenters. The molecule has 7 heteroatoms. The lowest BCUT2D eigenvalue weighted by molar-refractivity contribution is 0.100. The Morgan fingerprint density at radius 2 is 1.92 bits per heavy atom. The molecular weight excluding hydrogens is 335 g/mol. The van der Waals surface area contributed by atoms with Crippen LogP contribution in [0.1, 0.15) is 10.5 Å². The number of carbonyl (C=O) groups is 1. The molecule has 0 spiro atoms. The monoisotopic (exact) mass is 346 g/mol. The van der Waals surface area contributed by atoms with Gasteiger partial charge >= 0.3 is 5.63 Å². The first-order valence-corrected chi connectivity index (χ1v) is 7.37. The Bertz CT molecular complexity index is 964. The summed E-state index contributed by atoms with van der Waals surface area (Å²) in [5.41, 5.74) is 0.467. The first-order chi connectivity index (χ1) is 11.5. The van der Waals surface area contributed by atoms with Crippen LogP contribution in [0, 0.1) is 5.82 Å². The summed E-state index contributed by atoms with van der Waals surface area (Å²) in [6.45, 7) is 0. The van der Waals surface area contributed by atoms with E-state index in [1.807, 2.05) is 0 Å². The third kappa shape index (κ3) is 2.96. The van der Waals surface area contributed by atoms with Gasteiger partial charge < -0.3 is 9.84 Å². The molecule has 1 aromatic heterocycles. The summed E-state index contributed by atoms with van der Waals surface area (Å²) in [5.74, 6) is -1.15. The van der Waals surface area contributed by atoms with Crippen molar-refractivity contribution in [2.24, 2.45) is 7.05 Å². The summed E-state index contributed by atoms with van der Waals surface area (Å²) in [4.78, 5) is 24.6. The van der Waals surface area contributed by atoms with E-state index in [4.69, 9.17) is 16.1 Å². The number of aryl methyl sites for hydroxylation is 1. The number of halogens is 2. The van der Waals surface area contributed by atoms with E-state index >= 15 is 0 Å². The molecule has 0 saturated carbocycles. The van der Waals surface area contributed by atoms with Gasteiger partial charge in [-0.2, -0.15) is 0 Å². The number of carbonyl (C=O) groups excluding carboxylic acids is 1. The Morgan fingerprint density at radius 1 is 1.21 bits per heavy atom. The minimum absolute atomic E-state index is 0.0617. The highest BCUT2D eigenvalue weighted by Crippen LogP contribution is 2.23. The molecule has 1 heterocycles. The van der Waals surface area contributed by atoms with Crippen LogP contribution in [0.25, 0.3) is 11.1 Å². The van der Waals surface area contributed by atoms with Crippen molar-refractivity contribution in [3.8, 4) is 11.1 Å². The van der Waals surface area contributed by atoms with E-state index in [1.54, 1.807) is 30.3 Å². The van der Waals surface area contributed by atoms with Gasteiger partial charge in [0.1, 0.15) is 11.4 Å². The van der Waals surface area contributed by atoms with Gasteiger partial charge in [-0.05, 0) is 23.8 Å².